The van der Waals surface area contributed by atoms with Crippen molar-refractivity contribution in [2.24, 2.45) is 0 Å². The van der Waals surface area contributed by atoms with E-state index in [0.29, 0.717) is 46.0 Å². The molecule has 0 fully saturated rings. The van der Waals surface area contributed by atoms with E-state index in [1.165, 1.54) is 32.7 Å². The van der Waals surface area contributed by atoms with Gasteiger partial charge in [-0.25, -0.2) is 0 Å². The van der Waals surface area contributed by atoms with Gasteiger partial charge < -0.3 is 24.4 Å². The van der Waals surface area contributed by atoms with Crippen molar-refractivity contribution in [1.82, 2.24) is 15.1 Å². The average Bonchev–Trinajstić information content (AvgIpc) is 3.33. The van der Waals surface area contributed by atoms with Crippen molar-refractivity contribution in [2.45, 2.75) is 26.7 Å². The summed E-state index contributed by atoms with van der Waals surface area (Å²) in [5.41, 5.74) is 2.42. The van der Waals surface area contributed by atoms with Crippen LogP contribution < -0.4 is 19.5 Å². The maximum atomic E-state index is 12.9. The lowest BCUT2D eigenvalue weighted by Crippen LogP contribution is -2.34. The van der Waals surface area contributed by atoms with Crippen molar-refractivity contribution >= 4 is 28.3 Å². The summed E-state index contributed by atoms with van der Waals surface area (Å²) in [5.74, 6) is 1.15. The summed E-state index contributed by atoms with van der Waals surface area (Å²) in [6.45, 7) is 4.86. The van der Waals surface area contributed by atoms with E-state index in [-0.39, 0.29) is 18.2 Å². The van der Waals surface area contributed by atoms with Crippen LogP contribution in [0.2, 0.25) is 0 Å². The number of aryl methyl sites for hydroxylation is 1. The number of hydrogen-bond acceptors (Lipinski definition) is 8. The molecule has 2 aromatic carbocycles. The van der Waals surface area contributed by atoms with Crippen molar-refractivity contribution in [1.29, 1.82) is 0 Å². The summed E-state index contributed by atoms with van der Waals surface area (Å²) >= 11 is 1.23. The molecule has 9 nitrogen and oxygen atoms in total. The lowest BCUT2D eigenvalue weighted by molar-refractivity contribution is -0.116. The molecule has 0 aliphatic rings. The molecule has 0 spiro atoms. The van der Waals surface area contributed by atoms with Crippen molar-refractivity contribution in [3.05, 3.63) is 47.5 Å². The second kappa shape index (κ2) is 12.2. The summed E-state index contributed by atoms with van der Waals surface area (Å²) < 4.78 is 16.1. The topological polar surface area (TPSA) is 103 Å². The van der Waals surface area contributed by atoms with Gasteiger partial charge in [0.25, 0.3) is 5.91 Å². The Hall–Kier alpha value is -3.66. The highest BCUT2D eigenvalue weighted by molar-refractivity contribution is 7.18. The first kappa shape index (κ1) is 26.0. The molecule has 3 aromatic rings. The molecule has 0 saturated heterocycles. The molecule has 0 aliphatic carbocycles. The second-order valence-electron chi connectivity index (χ2n) is 7.78. The van der Waals surface area contributed by atoms with Crippen LogP contribution in [0.15, 0.2) is 36.4 Å². The van der Waals surface area contributed by atoms with Gasteiger partial charge in [0.2, 0.25) is 16.8 Å². The molecule has 35 heavy (non-hydrogen) atoms. The molecular weight excluding hydrogens is 468 g/mol. The van der Waals surface area contributed by atoms with Crippen molar-refractivity contribution in [3.63, 3.8) is 0 Å². The van der Waals surface area contributed by atoms with Gasteiger partial charge in [0.1, 0.15) is 5.01 Å². The summed E-state index contributed by atoms with van der Waals surface area (Å²) in [7, 11) is 4.62. The normalized spacial score (nSPS) is 10.5. The Labute approximate surface area is 209 Å². The third-order valence-corrected chi connectivity index (χ3v) is 6.16. The van der Waals surface area contributed by atoms with Crippen molar-refractivity contribution in [3.8, 4) is 27.8 Å². The molecule has 0 aliphatic heterocycles. The van der Waals surface area contributed by atoms with Crippen LogP contribution in [0.5, 0.6) is 17.2 Å². The number of carbonyl (C=O) groups is 2. The molecule has 0 saturated carbocycles. The number of benzene rings is 2. The van der Waals surface area contributed by atoms with E-state index >= 15 is 0 Å². The Balaban J connectivity index is 1.65. The van der Waals surface area contributed by atoms with Crippen molar-refractivity contribution < 1.29 is 23.8 Å². The molecule has 1 N–H and O–H groups in total. The fraction of sp³-hybridized carbons (Fsp3) is 0.360. The van der Waals surface area contributed by atoms with E-state index in [9.17, 15) is 9.59 Å². The lowest BCUT2D eigenvalue weighted by atomic mass is 10.1. The van der Waals surface area contributed by atoms with Gasteiger partial charge in [-0.1, -0.05) is 36.0 Å². The van der Waals surface area contributed by atoms with Gasteiger partial charge in [0, 0.05) is 30.6 Å². The quantitative estimate of drug-likeness (QED) is 0.417. The van der Waals surface area contributed by atoms with E-state index < -0.39 is 0 Å². The Morgan fingerprint density at radius 3 is 2.20 bits per heavy atom. The van der Waals surface area contributed by atoms with Crippen molar-refractivity contribution in [2.75, 3.05) is 39.7 Å². The van der Waals surface area contributed by atoms with Crippen LogP contribution in [0.1, 0.15) is 35.7 Å². The first-order valence-electron chi connectivity index (χ1n) is 11.2. The zero-order chi connectivity index (χ0) is 25.4. The molecule has 0 unspecified atom stereocenters. The zero-order valence-corrected chi connectivity index (χ0v) is 21.4. The Morgan fingerprint density at radius 1 is 0.971 bits per heavy atom. The predicted molar refractivity (Wildman–Crippen MR) is 136 cm³/mol. The predicted octanol–water partition coefficient (Wildman–Crippen LogP) is 4.42. The van der Waals surface area contributed by atoms with Crippen LogP contribution in [-0.4, -0.2) is 61.3 Å². The van der Waals surface area contributed by atoms with Gasteiger partial charge in [-0.2, -0.15) is 0 Å². The van der Waals surface area contributed by atoms with Crippen LogP contribution in [0.4, 0.5) is 5.13 Å². The number of amides is 2. The van der Waals surface area contributed by atoms with Gasteiger partial charge in [0.15, 0.2) is 11.5 Å². The largest absolute Gasteiger partial charge is 0.493 e. The van der Waals surface area contributed by atoms with E-state index in [1.54, 1.807) is 17.0 Å². The molecule has 1 aromatic heterocycles. The van der Waals surface area contributed by atoms with E-state index in [2.05, 4.69) is 15.5 Å². The van der Waals surface area contributed by atoms with Gasteiger partial charge in [0.05, 0.1) is 21.3 Å². The third kappa shape index (κ3) is 6.48. The van der Waals surface area contributed by atoms with E-state index in [1.807, 2.05) is 38.1 Å². The number of aromatic nitrogens is 2. The molecular formula is C25H30N4O5S. The molecule has 0 radical (unpaired) electrons. The highest BCUT2D eigenvalue weighted by atomic mass is 32.1. The fourth-order valence-corrected chi connectivity index (χ4v) is 4.22. The first-order chi connectivity index (χ1) is 16.9. The summed E-state index contributed by atoms with van der Waals surface area (Å²) in [6, 6.07) is 11.0. The molecule has 3 rings (SSSR count). The van der Waals surface area contributed by atoms with Crippen LogP contribution >= 0.6 is 11.3 Å². The molecule has 2 amide bonds. The van der Waals surface area contributed by atoms with Gasteiger partial charge in [-0.3, -0.25) is 9.59 Å². The molecule has 0 bridgehead atoms. The average molecular weight is 499 g/mol. The Bertz CT molecular complexity index is 1140. The maximum absolute atomic E-state index is 12.9. The minimum atomic E-state index is -0.240. The summed E-state index contributed by atoms with van der Waals surface area (Å²) in [4.78, 5) is 27.2. The number of carbonyl (C=O) groups excluding carboxylic acids is 2. The smallest absolute Gasteiger partial charge is 0.253 e. The number of nitrogens with one attached hydrogen (secondary N) is 1. The minimum Gasteiger partial charge on any atom is -0.493 e. The number of nitrogens with zero attached hydrogens (tertiary/aromatic N) is 3. The SMILES string of the molecule is CCCN(CCC(=O)Nc1nnc(-c2cc(OC)c(OC)c(OC)c2)s1)C(=O)c1ccc(C)cc1. The number of hydrogen-bond donors (Lipinski definition) is 1. The van der Waals surface area contributed by atoms with Crippen LogP contribution in [0.3, 0.4) is 0 Å². The number of methoxy groups -OCH3 is 3. The second-order valence-corrected chi connectivity index (χ2v) is 8.76. The maximum Gasteiger partial charge on any atom is 0.253 e. The van der Waals surface area contributed by atoms with Crippen LogP contribution in [0.25, 0.3) is 10.6 Å². The molecule has 0 atom stereocenters. The number of rotatable bonds is 11. The lowest BCUT2D eigenvalue weighted by Gasteiger charge is -2.22. The zero-order valence-electron chi connectivity index (χ0n) is 20.6. The standard InChI is InChI=1S/C25H30N4O5S/c1-6-12-29(24(31)17-9-7-16(2)8-10-17)13-11-21(30)26-25-28-27-23(35-25)18-14-19(32-3)22(34-5)20(15-18)33-4/h7-10,14-15H,6,11-13H2,1-5H3,(H,26,28,30). The molecule has 1 heterocycles. The van der Waals surface area contributed by atoms with Crippen LogP contribution in [-0.2, 0) is 4.79 Å². The van der Waals surface area contributed by atoms with Gasteiger partial charge in [-0.05, 0) is 37.6 Å². The van der Waals surface area contributed by atoms with Gasteiger partial charge in [-0.15, -0.1) is 10.2 Å². The highest BCUT2D eigenvalue weighted by Crippen LogP contribution is 2.42. The Morgan fingerprint density at radius 2 is 1.63 bits per heavy atom. The first-order valence-corrected chi connectivity index (χ1v) is 12.0. The highest BCUT2D eigenvalue weighted by Gasteiger charge is 2.19. The molecule has 10 heteroatoms. The van der Waals surface area contributed by atoms with E-state index in [4.69, 9.17) is 14.2 Å². The third-order valence-electron chi connectivity index (χ3n) is 5.27. The fourth-order valence-electron chi connectivity index (χ4n) is 3.48. The van der Waals surface area contributed by atoms with Crippen LogP contribution in [0, 0.1) is 6.92 Å². The monoisotopic (exact) mass is 498 g/mol. The van der Waals surface area contributed by atoms with Gasteiger partial charge >= 0.3 is 0 Å². The number of anilines is 1. The summed E-state index contributed by atoms with van der Waals surface area (Å²) in [6.07, 6.45) is 0.949. The van der Waals surface area contributed by atoms with E-state index in [0.717, 1.165) is 17.5 Å². The summed E-state index contributed by atoms with van der Waals surface area (Å²) in [5, 5.41) is 12.0. The molecule has 186 valence electrons. The Kier molecular flexibility index (Phi) is 9.02. The minimum absolute atomic E-state index is 0.0831. The number of ether oxygens (including phenoxy) is 3.